The predicted molar refractivity (Wildman–Crippen MR) is 95.3 cm³/mol. The Morgan fingerprint density at radius 3 is 2.22 bits per heavy atom. The molecule has 0 fully saturated rings. The van der Waals surface area contributed by atoms with Crippen molar-refractivity contribution < 1.29 is 33.7 Å². The first kappa shape index (κ1) is 20.1. The van der Waals surface area contributed by atoms with Crippen LogP contribution in [0.15, 0.2) is 54.6 Å². The highest BCUT2D eigenvalue weighted by molar-refractivity contribution is 6.01. The normalized spacial score (nSPS) is 12.7. The second kappa shape index (κ2) is 8.95. The molecule has 142 valence electrons. The van der Waals surface area contributed by atoms with Gasteiger partial charge < -0.3 is 19.3 Å². The van der Waals surface area contributed by atoms with Crippen molar-refractivity contribution in [2.75, 3.05) is 6.61 Å². The van der Waals surface area contributed by atoms with Gasteiger partial charge in [0.1, 0.15) is 5.75 Å². The average molecular weight is 372 g/mol. The van der Waals surface area contributed by atoms with Gasteiger partial charge in [-0.1, -0.05) is 48.5 Å². The third-order valence-corrected chi connectivity index (χ3v) is 3.49. The standard InChI is InChI=1S/C20H20O7/c1-3-25-20(26-14(2)21,19(24)15-9-5-4-6-10-15)27-17-12-8-7-11-16(17)13-18(22)23/h4-12H,3,13H2,1-2H3,(H,22,23). The highest BCUT2D eigenvalue weighted by Crippen LogP contribution is 2.29. The summed E-state index contributed by atoms with van der Waals surface area (Å²) in [5, 5.41) is 9.09. The maximum atomic E-state index is 13.1. The van der Waals surface area contributed by atoms with Crippen LogP contribution in [-0.2, 0) is 25.5 Å². The Labute approximate surface area is 156 Å². The molecular formula is C20H20O7. The zero-order valence-corrected chi connectivity index (χ0v) is 15.0. The van der Waals surface area contributed by atoms with Gasteiger partial charge in [0.25, 0.3) is 5.78 Å². The summed E-state index contributed by atoms with van der Waals surface area (Å²) in [5.41, 5.74) is 0.519. The van der Waals surface area contributed by atoms with Crippen LogP contribution >= 0.6 is 0 Å². The molecule has 0 spiro atoms. The van der Waals surface area contributed by atoms with E-state index in [1.807, 2.05) is 0 Å². The number of carboxylic acid groups (broad SMARTS) is 1. The summed E-state index contributed by atoms with van der Waals surface area (Å²) < 4.78 is 16.4. The van der Waals surface area contributed by atoms with Crippen LogP contribution in [0.3, 0.4) is 0 Å². The quantitative estimate of drug-likeness (QED) is 0.410. The number of carbonyl (C=O) groups is 3. The number of carbonyl (C=O) groups excluding carboxylic acids is 2. The van der Waals surface area contributed by atoms with E-state index in [0.29, 0.717) is 5.56 Å². The van der Waals surface area contributed by atoms with Crippen LogP contribution in [-0.4, -0.2) is 35.4 Å². The highest BCUT2D eigenvalue weighted by Gasteiger charge is 2.47. The van der Waals surface area contributed by atoms with Crippen molar-refractivity contribution >= 4 is 17.7 Å². The first-order valence-electron chi connectivity index (χ1n) is 8.30. The Bertz CT molecular complexity index is 816. The molecule has 0 aromatic heterocycles. The Hall–Kier alpha value is -3.19. The predicted octanol–water partition coefficient (Wildman–Crippen LogP) is 2.83. The van der Waals surface area contributed by atoms with E-state index in [1.165, 1.54) is 18.2 Å². The van der Waals surface area contributed by atoms with E-state index in [-0.39, 0.29) is 24.3 Å². The first-order chi connectivity index (χ1) is 12.9. The Balaban J connectivity index is 2.51. The lowest BCUT2D eigenvalue weighted by Gasteiger charge is -2.31. The van der Waals surface area contributed by atoms with Gasteiger partial charge in [0, 0.05) is 18.1 Å². The van der Waals surface area contributed by atoms with E-state index in [1.54, 1.807) is 43.3 Å². The fraction of sp³-hybridized carbons (Fsp3) is 0.250. The molecule has 1 unspecified atom stereocenters. The van der Waals surface area contributed by atoms with Gasteiger partial charge in [-0.05, 0) is 13.0 Å². The largest absolute Gasteiger partial charge is 0.481 e. The molecule has 0 aliphatic heterocycles. The van der Waals surface area contributed by atoms with Gasteiger partial charge in [-0.2, -0.15) is 0 Å². The van der Waals surface area contributed by atoms with Crippen LogP contribution in [0.25, 0.3) is 0 Å². The number of rotatable bonds is 9. The van der Waals surface area contributed by atoms with Crippen LogP contribution in [0.4, 0.5) is 0 Å². The Morgan fingerprint density at radius 2 is 1.63 bits per heavy atom. The van der Waals surface area contributed by atoms with Gasteiger partial charge in [-0.25, -0.2) is 0 Å². The topological polar surface area (TPSA) is 99.1 Å². The lowest BCUT2D eigenvalue weighted by Crippen LogP contribution is -2.51. The molecule has 2 aromatic carbocycles. The molecular weight excluding hydrogens is 352 g/mol. The highest BCUT2D eigenvalue weighted by atomic mass is 16.9. The maximum Gasteiger partial charge on any atom is 0.443 e. The molecule has 0 amide bonds. The molecule has 7 nitrogen and oxygen atoms in total. The number of hydrogen-bond acceptors (Lipinski definition) is 6. The average Bonchev–Trinajstić information content (AvgIpc) is 2.62. The van der Waals surface area contributed by atoms with Crippen LogP contribution in [0, 0.1) is 0 Å². The van der Waals surface area contributed by atoms with Crippen LogP contribution in [0.5, 0.6) is 5.75 Å². The number of Topliss-reactive ketones (excluding diaryl/α,β-unsaturated/α-hetero) is 1. The number of para-hydroxylation sites is 1. The van der Waals surface area contributed by atoms with E-state index in [4.69, 9.17) is 19.3 Å². The Kier molecular flexibility index (Phi) is 6.67. The first-order valence-corrected chi connectivity index (χ1v) is 8.30. The number of ketones is 1. The van der Waals surface area contributed by atoms with E-state index in [2.05, 4.69) is 0 Å². The molecule has 7 heteroatoms. The summed E-state index contributed by atoms with van der Waals surface area (Å²) in [7, 11) is 0. The van der Waals surface area contributed by atoms with Crippen molar-refractivity contribution in [1.82, 2.24) is 0 Å². The van der Waals surface area contributed by atoms with E-state index >= 15 is 0 Å². The van der Waals surface area contributed by atoms with E-state index < -0.39 is 23.7 Å². The van der Waals surface area contributed by atoms with Gasteiger partial charge in [-0.15, -0.1) is 0 Å². The molecule has 0 bridgehead atoms. The second-order valence-electron chi connectivity index (χ2n) is 5.56. The molecule has 1 N–H and O–H groups in total. The third-order valence-electron chi connectivity index (χ3n) is 3.49. The molecule has 27 heavy (non-hydrogen) atoms. The van der Waals surface area contributed by atoms with Gasteiger partial charge >= 0.3 is 17.9 Å². The minimum Gasteiger partial charge on any atom is -0.481 e. The van der Waals surface area contributed by atoms with Crippen molar-refractivity contribution in [3.05, 3.63) is 65.7 Å². The number of benzene rings is 2. The summed E-state index contributed by atoms with van der Waals surface area (Å²) >= 11 is 0. The SMILES string of the molecule is CCOC(OC(C)=O)(Oc1ccccc1CC(=O)O)C(=O)c1ccccc1. The van der Waals surface area contributed by atoms with Crippen molar-refractivity contribution in [3.8, 4) is 5.75 Å². The van der Waals surface area contributed by atoms with Crippen molar-refractivity contribution in [3.63, 3.8) is 0 Å². The van der Waals surface area contributed by atoms with Gasteiger partial charge in [0.15, 0.2) is 0 Å². The maximum absolute atomic E-state index is 13.1. The third kappa shape index (κ3) is 5.15. The van der Waals surface area contributed by atoms with Gasteiger partial charge in [0.2, 0.25) is 0 Å². The van der Waals surface area contributed by atoms with Crippen molar-refractivity contribution in [2.24, 2.45) is 0 Å². The van der Waals surface area contributed by atoms with Crippen LogP contribution in [0.2, 0.25) is 0 Å². The minimum atomic E-state index is -2.36. The lowest BCUT2D eigenvalue weighted by molar-refractivity contribution is -0.287. The second-order valence-corrected chi connectivity index (χ2v) is 5.56. The molecule has 0 saturated carbocycles. The van der Waals surface area contributed by atoms with E-state index in [9.17, 15) is 14.4 Å². The number of ether oxygens (including phenoxy) is 3. The summed E-state index contributed by atoms with van der Waals surface area (Å²) in [6.07, 6.45) is -0.335. The molecule has 0 saturated heterocycles. The summed E-state index contributed by atoms with van der Waals surface area (Å²) in [5.74, 6) is -4.88. The molecule has 0 aliphatic carbocycles. The monoisotopic (exact) mass is 372 g/mol. The Morgan fingerprint density at radius 1 is 1.00 bits per heavy atom. The van der Waals surface area contributed by atoms with Crippen molar-refractivity contribution in [2.45, 2.75) is 26.2 Å². The van der Waals surface area contributed by atoms with Crippen LogP contribution in [0.1, 0.15) is 29.8 Å². The number of aliphatic carboxylic acids is 1. The molecule has 0 radical (unpaired) electrons. The molecule has 0 heterocycles. The number of hydrogen-bond donors (Lipinski definition) is 1. The van der Waals surface area contributed by atoms with Gasteiger partial charge in [-0.3, -0.25) is 14.4 Å². The van der Waals surface area contributed by atoms with Crippen LogP contribution < -0.4 is 4.74 Å². The van der Waals surface area contributed by atoms with Gasteiger partial charge in [0.05, 0.1) is 13.0 Å². The number of esters is 1. The molecule has 2 aromatic rings. The fourth-order valence-corrected chi connectivity index (χ4v) is 2.44. The summed E-state index contributed by atoms with van der Waals surface area (Å²) in [6, 6.07) is 14.4. The molecule has 1 atom stereocenters. The van der Waals surface area contributed by atoms with E-state index in [0.717, 1.165) is 6.92 Å². The fourth-order valence-electron chi connectivity index (χ4n) is 2.44. The summed E-state index contributed by atoms with van der Waals surface area (Å²) in [6.45, 7) is 2.74. The molecule has 2 rings (SSSR count). The number of carboxylic acids is 1. The summed E-state index contributed by atoms with van der Waals surface area (Å²) in [4.78, 5) is 35.9. The zero-order valence-electron chi connectivity index (χ0n) is 15.0. The minimum absolute atomic E-state index is 0.00690. The lowest BCUT2D eigenvalue weighted by atomic mass is 10.1. The molecule has 0 aliphatic rings. The van der Waals surface area contributed by atoms with Crippen molar-refractivity contribution in [1.29, 1.82) is 0 Å². The zero-order chi connectivity index (χ0) is 19.9. The smallest absolute Gasteiger partial charge is 0.443 e.